The molecule has 9 heteroatoms. The number of ether oxygens (including phenoxy) is 2. The van der Waals surface area contributed by atoms with Gasteiger partial charge in [-0.3, -0.25) is 9.69 Å². The van der Waals surface area contributed by atoms with Crippen molar-refractivity contribution >= 4 is 21.6 Å². The second-order valence-electron chi connectivity index (χ2n) is 8.31. The standard InChI is InChI=1S/C23H29N3O5S/c1-17(2)18-3-6-20(7-4-18)32(28,29)26-11-9-25(10-12-26)16-23(27)24-19-5-8-21-22(15-19)31-14-13-30-21/h3-8,15,17H,9-14,16H2,1-2H3,(H,24,27). The SMILES string of the molecule is CC(C)c1ccc(S(=O)(=O)N2CCN(CC(=O)Nc3ccc4c(c3)OCCO4)CC2)cc1. The molecule has 172 valence electrons. The zero-order valence-electron chi connectivity index (χ0n) is 18.4. The highest BCUT2D eigenvalue weighted by Crippen LogP contribution is 2.32. The molecule has 0 aliphatic carbocycles. The average molecular weight is 460 g/mol. The van der Waals surface area contributed by atoms with Crippen molar-refractivity contribution in [2.45, 2.75) is 24.7 Å². The fourth-order valence-electron chi connectivity index (χ4n) is 3.83. The van der Waals surface area contributed by atoms with E-state index in [9.17, 15) is 13.2 Å². The average Bonchev–Trinajstić information content (AvgIpc) is 2.79. The summed E-state index contributed by atoms with van der Waals surface area (Å²) < 4.78 is 38.5. The molecular weight excluding hydrogens is 430 g/mol. The van der Waals surface area contributed by atoms with E-state index < -0.39 is 10.0 Å². The third kappa shape index (κ3) is 5.06. The third-order valence-corrected chi connectivity index (χ3v) is 7.62. The number of sulfonamides is 1. The normalized spacial score (nSPS) is 17.3. The second kappa shape index (κ2) is 9.48. The van der Waals surface area contributed by atoms with Gasteiger partial charge in [-0.2, -0.15) is 4.31 Å². The van der Waals surface area contributed by atoms with Gasteiger partial charge in [0.25, 0.3) is 0 Å². The first-order valence-corrected chi connectivity index (χ1v) is 12.3. The summed E-state index contributed by atoms with van der Waals surface area (Å²) in [7, 11) is -3.53. The number of rotatable bonds is 6. The van der Waals surface area contributed by atoms with Crippen molar-refractivity contribution in [3.63, 3.8) is 0 Å². The molecule has 0 atom stereocenters. The van der Waals surface area contributed by atoms with Crippen LogP contribution in [0.2, 0.25) is 0 Å². The molecule has 4 rings (SSSR count). The number of fused-ring (bicyclic) bond motifs is 1. The molecule has 0 unspecified atom stereocenters. The van der Waals surface area contributed by atoms with Gasteiger partial charge in [0.2, 0.25) is 15.9 Å². The van der Waals surface area contributed by atoms with Gasteiger partial charge in [-0.25, -0.2) is 8.42 Å². The van der Waals surface area contributed by atoms with Gasteiger partial charge in [0, 0.05) is 37.9 Å². The van der Waals surface area contributed by atoms with E-state index >= 15 is 0 Å². The maximum Gasteiger partial charge on any atom is 0.243 e. The molecule has 0 radical (unpaired) electrons. The zero-order valence-corrected chi connectivity index (χ0v) is 19.2. The van der Waals surface area contributed by atoms with E-state index in [0.717, 1.165) is 5.56 Å². The van der Waals surface area contributed by atoms with Crippen LogP contribution in [0.15, 0.2) is 47.4 Å². The highest BCUT2D eigenvalue weighted by Gasteiger charge is 2.29. The minimum atomic E-state index is -3.53. The number of hydrogen-bond donors (Lipinski definition) is 1. The number of carbonyl (C=O) groups is 1. The molecule has 1 amide bonds. The lowest BCUT2D eigenvalue weighted by atomic mass is 10.0. The second-order valence-corrected chi connectivity index (χ2v) is 10.2. The Kier molecular flexibility index (Phi) is 6.68. The first-order chi connectivity index (χ1) is 15.3. The number of piperazine rings is 1. The minimum Gasteiger partial charge on any atom is -0.486 e. The summed E-state index contributed by atoms with van der Waals surface area (Å²) in [6.07, 6.45) is 0. The number of benzene rings is 2. The van der Waals surface area contributed by atoms with Crippen molar-refractivity contribution < 1.29 is 22.7 Å². The molecule has 32 heavy (non-hydrogen) atoms. The Balaban J connectivity index is 1.30. The Morgan fingerprint density at radius 3 is 2.28 bits per heavy atom. The van der Waals surface area contributed by atoms with Crippen LogP contribution in [0.4, 0.5) is 5.69 Å². The number of carbonyl (C=O) groups excluding carboxylic acids is 1. The first kappa shape index (κ1) is 22.6. The lowest BCUT2D eigenvalue weighted by molar-refractivity contribution is -0.117. The van der Waals surface area contributed by atoms with Crippen molar-refractivity contribution in [1.82, 2.24) is 9.21 Å². The van der Waals surface area contributed by atoms with Crippen LogP contribution in [0.5, 0.6) is 11.5 Å². The van der Waals surface area contributed by atoms with Gasteiger partial charge in [-0.05, 0) is 35.7 Å². The van der Waals surface area contributed by atoms with E-state index in [4.69, 9.17) is 9.47 Å². The maximum atomic E-state index is 13.0. The Bertz CT molecular complexity index is 1060. The van der Waals surface area contributed by atoms with E-state index in [2.05, 4.69) is 19.2 Å². The molecule has 2 aliphatic rings. The highest BCUT2D eigenvalue weighted by molar-refractivity contribution is 7.89. The fourth-order valence-corrected chi connectivity index (χ4v) is 5.25. The van der Waals surface area contributed by atoms with Gasteiger partial charge in [-0.1, -0.05) is 26.0 Å². The maximum absolute atomic E-state index is 13.0. The molecule has 2 heterocycles. The van der Waals surface area contributed by atoms with Crippen molar-refractivity contribution in [1.29, 1.82) is 0 Å². The van der Waals surface area contributed by atoms with Crippen molar-refractivity contribution in [3.8, 4) is 11.5 Å². The van der Waals surface area contributed by atoms with Gasteiger partial charge < -0.3 is 14.8 Å². The van der Waals surface area contributed by atoms with Crippen LogP contribution >= 0.6 is 0 Å². The van der Waals surface area contributed by atoms with E-state index in [-0.39, 0.29) is 12.5 Å². The van der Waals surface area contributed by atoms with Gasteiger partial charge in [0.1, 0.15) is 13.2 Å². The van der Waals surface area contributed by atoms with E-state index in [1.807, 2.05) is 17.0 Å². The molecule has 2 aromatic carbocycles. The quantitative estimate of drug-likeness (QED) is 0.714. The van der Waals surface area contributed by atoms with Crippen molar-refractivity contribution in [2.75, 3.05) is 51.3 Å². The van der Waals surface area contributed by atoms with Crippen LogP contribution in [0.1, 0.15) is 25.3 Å². The Hall–Kier alpha value is -2.62. The third-order valence-electron chi connectivity index (χ3n) is 5.71. The summed E-state index contributed by atoms with van der Waals surface area (Å²) in [4.78, 5) is 14.8. The topological polar surface area (TPSA) is 88.2 Å². The molecule has 0 bridgehead atoms. The number of anilines is 1. The largest absolute Gasteiger partial charge is 0.486 e. The van der Waals surface area contributed by atoms with Gasteiger partial charge in [-0.15, -0.1) is 0 Å². The molecule has 1 fully saturated rings. The lowest BCUT2D eigenvalue weighted by Crippen LogP contribution is -2.50. The summed E-state index contributed by atoms with van der Waals surface area (Å²) >= 11 is 0. The van der Waals surface area contributed by atoms with E-state index in [1.54, 1.807) is 30.3 Å². The lowest BCUT2D eigenvalue weighted by Gasteiger charge is -2.33. The summed E-state index contributed by atoms with van der Waals surface area (Å²) in [6, 6.07) is 12.4. The van der Waals surface area contributed by atoms with Crippen LogP contribution in [0, 0.1) is 0 Å². The zero-order chi connectivity index (χ0) is 22.7. The highest BCUT2D eigenvalue weighted by atomic mass is 32.2. The van der Waals surface area contributed by atoms with E-state index in [1.165, 1.54) is 4.31 Å². The van der Waals surface area contributed by atoms with Gasteiger partial charge in [0.05, 0.1) is 11.4 Å². The van der Waals surface area contributed by atoms with Crippen LogP contribution < -0.4 is 14.8 Å². The number of hydrogen-bond acceptors (Lipinski definition) is 6. The van der Waals surface area contributed by atoms with Gasteiger partial charge >= 0.3 is 0 Å². The fraction of sp³-hybridized carbons (Fsp3) is 0.435. The molecule has 8 nitrogen and oxygen atoms in total. The molecule has 0 aromatic heterocycles. The summed E-state index contributed by atoms with van der Waals surface area (Å²) in [5.41, 5.74) is 1.75. The number of amides is 1. The predicted octanol–water partition coefficient (Wildman–Crippen LogP) is 2.53. The molecule has 0 saturated carbocycles. The summed E-state index contributed by atoms with van der Waals surface area (Å²) in [6.45, 7) is 7.06. The molecule has 1 saturated heterocycles. The van der Waals surface area contributed by atoms with Gasteiger partial charge in [0.15, 0.2) is 11.5 Å². The first-order valence-electron chi connectivity index (χ1n) is 10.8. The number of nitrogens with zero attached hydrogens (tertiary/aromatic N) is 2. The monoisotopic (exact) mass is 459 g/mol. The smallest absolute Gasteiger partial charge is 0.243 e. The van der Waals surface area contributed by atoms with Crippen LogP contribution in [0.25, 0.3) is 0 Å². The Labute approximate surface area is 189 Å². The molecule has 0 spiro atoms. The Morgan fingerprint density at radius 1 is 0.969 bits per heavy atom. The van der Waals surface area contributed by atoms with Crippen LogP contribution in [0.3, 0.4) is 0 Å². The van der Waals surface area contributed by atoms with Crippen LogP contribution in [-0.2, 0) is 14.8 Å². The molecular formula is C23H29N3O5S. The molecule has 1 N–H and O–H groups in total. The Morgan fingerprint density at radius 2 is 1.62 bits per heavy atom. The summed E-state index contributed by atoms with van der Waals surface area (Å²) in [5.74, 6) is 1.49. The molecule has 2 aromatic rings. The van der Waals surface area contributed by atoms with Crippen LogP contribution in [-0.4, -0.2) is 69.5 Å². The predicted molar refractivity (Wildman–Crippen MR) is 122 cm³/mol. The minimum absolute atomic E-state index is 0.151. The van der Waals surface area contributed by atoms with Crippen molar-refractivity contribution in [3.05, 3.63) is 48.0 Å². The number of nitrogens with one attached hydrogen (secondary N) is 1. The van der Waals surface area contributed by atoms with Crippen molar-refractivity contribution in [2.24, 2.45) is 0 Å². The van der Waals surface area contributed by atoms with E-state index in [0.29, 0.717) is 67.4 Å². The summed E-state index contributed by atoms with van der Waals surface area (Å²) in [5, 5.41) is 2.87. The molecule has 2 aliphatic heterocycles.